The topological polar surface area (TPSA) is 71.5 Å². The third-order valence-electron chi connectivity index (χ3n) is 4.40. The van der Waals surface area contributed by atoms with E-state index in [1.165, 1.54) is 16.2 Å². The Morgan fingerprint density at radius 1 is 1.28 bits per heavy atom. The van der Waals surface area contributed by atoms with Crippen molar-refractivity contribution in [3.8, 4) is 5.75 Å². The summed E-state index contributed by atoms with van der Waals surface area (Å²) in [5.74, 6) is 0.614. The number of aromatic nitrogens is 1. The van der Waals surface area contributed by atoms with Crippen molar-refractivity contribution < 1.29 is 14.3 Å². The fraction of sp³-hybridized carbons (Fsp3) is 0.389. The van der Waals surface area contributed by atoms with Gasteiger partial charge in [0.05, 0.1) is 18.7 Å². The highest BCUT2D eigenvalue weighted by Crippen LogP contribution is 2.26. The van der Waals surface area contributed by atoms with Crippen molar-refractivity contribution in [2.75, 3.05) is 7.11 Å². The maximum absolute atomic E-state index is 12.8. The maximum atomic E-state index is 12.8. The van der Waals surface area contributed by atoms with E-state index in [-0.39, 0.29) is 18.5 Å². The fourth-order valence-electron chi connectivity index (χ4n) is 2.88. The number of imide groups is 1. The largest absolute Gasteiger partial charge is 0.497 e. The van der Waals surface area contributed by atoms with Gasteiger partial charge < -0.3 is 10.1 Å². The van der Waals surface area contributed by atoms with Crippen LogP contribution in [0.5, 0.6) is 5.75 Å². The number of nitrogens with zero attached hydrogens (tertiary/aromatic N) is 2. The molecule has 0 aliphatic carbocycles. The first-order valence-electron chi connectivity index (χ1n) is 8.09. The normalized spacial score (nSPS) is 20.0. The van der Waals surface area contributed by atoms with Crippen LogP contribution in [0.2, 0.25) is 0 Å². The first kappa shape index (κ1) is 17.4. The Bertz CT molecular complexity index is 787. The second kappa shape index (κ2) is 6.84. The summed E-state index contributed by atoms with van der Waals surface area (Å²) in [6, 6.07) is 7.40. The van der Waals surface area contributed by atoms with E-state index < -0.39 is 5.54 Å². The molecule has 1 atom stereocenters. The zero-order chi connectivity index (χ0) is 18.0. The summed E-state index contributed by atoms with van der Waals surface area (Å²) in [6.07, 6.45) is 2.95. The predicted octanol–water partition coefficient (Wildman–Crippen LogP) is 2.90. The van der Waals surface area contributed by atoms with Crippen molar-refractivity contribution in [2.24, 2.45) is 0 Å². The number of thiazole rings is 1. The van der Waals surface area contributed by atoms with Crippen molar-refractivity contribution in [1.29, 1.82) is 0 Å². The van der Waals surface area contributed by atoms with Gasteiger partial charge in [0.25, 0.3) is 5.91 Å². The van der Waals surface area contributed by atoms with Crippen LogP contribution in [0.1, 0.15) is 28.8 Å². The average molecular weight is 359 g/mol. The first-order valence-corrected chi connectivity index (χ1v) is 8.91. The number of hydrogen-bond donors (Lipinski definition) is 1. The lowest BCUT2D eigenvalue weighted by molar-refractivity contribution is -0.131. The highest BCUT2D eigenvalue weighted by atomic mass is 32.1. The lowest BCUT2D eigenvalue weighted by Gasteiger charge is -2.21. The number of carbonyl (C=O) groups excluding carboxylic acids is 2. The minimum absolute atomic E-state index is 0.183. The average Bonchev–Trinajstić information content (AvgIpc) is 3.10. The van der Waals surface area contributed by atoms with Crippen LogP contribution in [-0.4, -0.2) is 34.5 Å². The first-order chi connectivity index (χ1) is 11.9. The molecule has 25 heavy (non-hydrogen) atoms. The lowest BCUT2D eigenvalue weighted by Crippen LogP contribution is -2.44. The number of ether oxygens (including phenoxy) is 1. The van der Waals surface area contributed by atoms with E-state index in [2.05, 4.69) is 10.3 Å². The van der Waals surface area contributed by atoms with Gasteiger partial charge in [0.1, 0.15) is 11.3 Å². The molecular formula is C18H21N3O3S. The van der Waals surface area contributed by atoms with E-state index in [1.807, 2.05) is 31.2 Å². The number of methoxy groups -OCH3 is 1. The van der Waals surface area contributed by atoms with Crippen LogP contribution in [0, 0.1) is 6.92 Å². The summed E-state index contributed by atoms with van der Waals surface area (Å²) < 4.78 is 5.15. The van der Waals surface area contributed by atoms with Crippen LogP contribution in [-0.2, 0) is 17.8 Å². The van der Waals surface area contributed by atoms with E-state index in [0.717, 1.165) is 21.2 Å². The summed E-state index contributed by atoms with van der Waals surface area (Å²) in [5.41, 5.74) is 0.220. The van der Waals surface area contributed by atoms with Gasteiger partial charge >= 0.3 is 6.03 Å². The van der Waals surface area contributed by atoms with Gasteiger partial charge in [-0.05, 0) is 44.4 Å². The second-order valence-corrected chi connectivity index (χ2v) is 7.67. The van der Waals surface area contributed by atoms with Gasteiger partial charge in [-0.3, -0.25) is 9.69 Å². The molecular weight excluding hydrogens is 338 g/mol. The molecule has 6 nitrogen and oxygen atoms in total. The van der Waals surface area contributed by atoms with Crippen LogP contribution < -0.4 is 10.1 Å². The van der Waals surface area contributed by atoms with Crippen molar-refractivity contribution in [2.45, 2.75) is 38.8 Å². The number of nitrogens with one attached hydrogen (secondary N) is 1. The molecule has 1 aliphatic rings. The Balaban J connectivity index is 1.66. The summed E-state index contributed by atoms with van der Waals surface area (Å²) in [4.78, 5) is 31.4. The van der Waals surface area contributed by atoms with E-state index in [0.29, 0.717) is 12.8 Å². The van der Waals surface area contributed by atoms with Crippen molar-refractivity contribution >= 4 is 23.3 Å². The van der Waals surface area contributed by atoms with E-state index in [9.17, 15) is 9.59 Å². The molecule has 1 aromatic heterocycles. The van der Waals surface area contributed by atoms with Gasteiger partial charge in [0.15, 0.2) is 0 Å². The molecule has 1 aromatic carbocycles. The lowest BCUT2D eigenvalue weighted by atomic mass is 9.93. The van der Waals surface area contributed by atoms with Gasteiger partial charge in [-0.15, -0.1) is 11.3 Å². The van der Waals surface area contributed by atoms with Crippen LogP contribution in [0.15, 0.2) is 30.5 Å². The number of amides is 3. The quantitative estimate of drug-likeness (QED) is 0.805. The predicted molar refractivity (Wildman–Crippen MR) is 95.7 cm³/mol. The molecule has 0 spiro atoms. The van der Waals surface area contributed by atoms with Crippen LogP contribution >= 0.6 is 11.3 Å². The molecule has 2 heterocycles. The molecule has 3 amide bonds. The SMILES string of the molecule is COc1ccc(CCC2(C)NC(=O)N(Cc3cnc(C)s3)C2=O)cc1. The Hall–Kier alpha value is -2.41. The van der Waals surface area contributed by atoms with Crippen molar-refractivity contribution in [1.82, 2.24) is 15.2 Å². The summed E-state index contributed by atoms with van der Waals surface area (Å²) in [7, 11) is 1.63. The van der Waals surface area contributed by atoms with Gasteiger partial charge in [-0.1, -0.05) is 12.1 Å². The molecule has 0 saturated carbocycles. The zero-order valence-electron chi connectivity index (χ0n) is 14.5. The minimum Gasteiger partial charge on any atom is -0.497 e. The number of urea groups is 1. The van der Waals surface area contributed by atoms with E-state index in [1.54, 1.807) is 20.2 Å². The molecule has 0 radical (unpaired) electrons. The molecule has 0 bridgehead atoms. The molecule has 1 saturated heterocycles. The Morgan fingerprint density at radius 3 is 2.60 bits per heavy atom. The zero-order valence-corrected chi connectivity index (χ0v) is 15.4. The summed E-state index contributed by atoms with van der Waals surface area (Å²) >= 11 is 1.50. The molecule has 132 valence electrons. The number of aryl methyl sites for hydroxylation is 2. The van der Waals surface area contributed by atoms with Crippen LogP contribution in [0.3, 0.4) is 0 Å². The number of benzene rings is 1. The number of rotatable bonds is 6. The minimum atomic E-state index is -0.878. The van der Waals surface area contributed by atoms with Crippen LogP contribution in [0.25, 0.3) is 0 Å². The van der Waals surface area contributed by atoms with Crippen molar-refractivity contribution in [3.63, 3.8) is 0 Å². The smallest absolute Gasteiger partial charge is 0.325 e. The molecule has 7 heteroatoms. The van der Waals surface area contributed by atoms with E-state index >= 15 is 0 Å². The Kier molecular flexibility index (Phi) is 4.76. The van der Waals surface area contributed by atoms with Crippen LogP contribution in [0.4, 0.5) is 4.79 Å². The summed E-state index contributed by atoms with van der Waals surface area (Å²) in [6.45, 7) is 3.96. The summed E-state index contributed by atoms with van der Waals surface area (Å²) in [5, 5.41) is 3.77. The highest BCUT2D eigenvalue weighted by Gasteiger charge is 2.47. The standard InChI is InChI=1S/C18H21N3O3S/c1-12-19-10-15(25-12)11-21-16(22)18(2,20-17(21)23)9-8-13-4-6-14(24-3)7-5-13/h4-7,10H,8-9,11H2,1-3H3,(H,20,23). The second-order valence-electron chi connectivity index (χ2n) is 6.35. The monoisotopic (exact) mass is 359 g/mol. The Labute approximate surface area is 150 Å². The number of hydrogen-bond acceptors (Lipinski definition) is 5. The molecule has 3 rings (SSSR count). The molecule has 2 aromatic rings. The van der Waals surface area contributed by atoms with Crippen molar-refractivity contribution in [3.05, 3.63) is 45.9 Å². The Morgan fingerprint density at radius 2 is 2.00 bits per heavy atom. The number of carbonyl (C=O) groups is 2. The van der Waals surface area contributed by atoms with Gasteiger partial charge in [0.2, 0.25) is 0 Å². The molecule has 1 N–H and O–H groups in total. The third kappa shape index (κ3) is 3.66. The third-order valence-corrected chi connectivity index (χ3v) is 5.30. The molecule has 1 fully saturated rings. The fourth-order valence-corrected chi connectivity index (χ4v) is 3.66. The van der Waals surface area contributed by atoms with Gasteiger partial charge in [-0.2, -0.15) is 0 Å². The van der Waals surface area contributed by atoms with Gasteiger partial charge in [-0.25, -0.2) is 9.78 Å². The van der Waals surface area contributed by atoms with E-state index in [4.69, 9.17) is 4.74 Å². The highest BCUT2D eigenvalue weighted by molar-refractivity contribution is 7.11. The molecule has 1 unspecified atom stereocenters. The van der Waals surface area contributed by atoms with Gasteiger partial charge in [0, 0.05) is 11.1 Å². The maximum Gasteiger partial charge on any atom is 0.325 e. The molecule has 1 aliphatic heterocycles.